The number of hydrogen-bond acceptors (Lipinski definition) is 6. The van der Waals surface area contributed by atoms with Gasteiger partial charge in [0.05, 0.1) is 34.1 Å². The Kier molecular flexibility index (Phi) is 6.25. The summed E-state index contributed by atoms with van der Waals surface area (Å²) in [6.45, 7) is 0.470. The molecule has 148 valence electrons. The molecule has 1 amide bonds. The van der Waals surface area contributed by atoms with Crippen molar-refractivity contribution in [3.8, 4) is 10.7 Å². The van der Waals surface area contributed by atoms with Crippen LogP contribution in [-0.4, -0.2) is 26.4 Å². The third kappa shape index (κ3) is 4.84. The van der Waals surface area contributed by atoms with Crippen molar-refractivity contribution in [2.45, 2.75) is 11.7 Å². The maximum Gasteiger partial charge on any atom is 0.234 e. The van der Waals surface area contributed by atoms with Gasteiger partial charge in [0.2, 0.25) is 5.91 Å². The summed E-state index contributed by atoms with van der Waals surface area (Å²) in [5.74, 6) is 1.44. The van der Waals surface area contributed by atoms with Crippen LogP contribution in [0.25, 0.3) is 10.7 Å². The molecule has 0 spiro atoms. The molecule has 0 bridgehead atoms. The van der Waals surface area contributed by atoms with Crippen LogP contribution in [0.4, 0.5) is 5.69 Å². The lowest BCUT2D eigenvalue weighted by atomic mass is 10.3. The average molecular weight is 465 g/mol. The van der Waals surface area contributed by atoms with Crippen LogP contribution < -0.4 is 5.32 Å². The lowest BCUT2D eigenvalue weighted by Crippen LogP contribution is -2.15. The molecule has 0 saturated carbocycles. The summed E-state index contributed by atoms with van der Waals surface area (Å²) in [5.41, 5.74) is 0.473. The molecule has 0 saturated heterocycles. The smallest absolute Gasteiger partial charge is 0.234 e. The molecule has 1 aromatic carbocycles. The summed E-state index contributed by atoms with van der Waals surface area (Å²) in [4.78, 5) is 13.4. The van der Waals surface area contributed by atoms with Crippen LogP contribution in [-0.2, 0) is 11.3 Å². The largest absolute Gasteiger partial charge is 0.467 e. The number of halogens is 2. The van der Waals surface area contributed by atoms with Crippen LogP contribution in [0.5, 0.6) is 0 Å². The van der Waals surface area contributed by atoms with Crippen molar-refractivity contribution in [2.75, 3.05) is 11.1 Å². The zero-order valence-corrected chi connectivity index (χ0v) is 18.0. The molecule has 0 aliphatic heterocycles. The Morgan fingerprint density at radius 3 is 2.86 bits per heavy atom. The highest BCUT2D eigenvalue weighted by atomic mass is 35.5. The van der Waals surface area contributed by atoms with E-state index >= 15 is 0 Å². The van der Waals surface area contributed by atoms with Gasteiger partial charge in [-0.15, -0.1) is 21.5 Å². The predicted molar refractivity (Wildman–Crippen MR) is 117 cm³/mol. The Hall–Kier alpha value is -2.26. The molecule has 10 heteroatoms. The van der Waals surface area contributed by atoms with Crippen molar-refractivity contribution >= 4 is 57.9 Å². The van der Waals surface area contributed by atoms with Gasteiger partial charge in [0.15, 0.2) is 11.0 Å². The van der Waals surface area contributed by atoms with Crippen molar-refractivity contribution in [3.05, 3.63) is 69.9 Å². The highest BCUT2D eigenvalue weighted by Gasteiger charge is 2.18. The van der Waals surface area contributed by atoms with Gasteiger partial charge in [-0.25, -0.2) is 0 Å². The Morgan fingerprint density at radius 1 is 1.21 bits per heavy atom. The number of anilines is 1. The molecule has 0 aliphatic rings. The molecule has 0 unspecified atom stereocenters. The summed E-state index contributed by atoms with van der Waals surface area (Å²) in [6, 6.07) is 12.6. The number of carbonyl (C=O) groups is 1. The minimum absolute atomic E-state index is 0.142. The first-order valence-corrected chi connectivity index (χ1v) is 11.1. The number of nitrogens with zero attached hydrogens (tertiary/aromatic N) is 3. The third-order valence-electron chi connectivity index (χ3n) is 3.89. The number of thioether (sulfide) groups is 1. The van der Waals surface area contributed by atoms with Crippen molar-refractivity contribution < 1.29 is 9.21 Å². The zero-order chi connectivity index (χ0) is 20.2. The van der Waals surface area contributed by atoms with Gasteiger partial charge >= 0.3 is 0 Å². The lowest BCUT2D eigenvalue weighted by molar-refractivity contribution is -0.113. The van der Waals surface area contributed by atoms with Gasteiger partial charge < -0.3 is 9.73 Å². The van der Waals surface area contributed by atoms with Crippen LogP contribution in [0.1, 0.15) is 5.76 Å². The maximum atomic E-state index is 12.4. The molecule has 4 rings (SSSR count). The second kappa shape index (κ2) is 9.04. The summed E-state index contributed by atoms with van der Waals surface area (Å²) in [6.07, 6.45) is 1.62. The third-order valence-corrected chi connectivity index (χ3v) is 6.28. The fourth-order valence-corrected chi connectivity index (χ4v) is 4.39. The first-order valence-electron chi connectivity index (χ1n) is 8.47. The van der Waals surface area contributed by atoms with E-state index < -0.39 is 0 Å². The van der Waals surface area contributed by atoms with E-state index in [1.807, 2.05) is 34.2 Å². The van der Waals surface area contributed by atoms with E-state index in [9.17, 15) is 4.79 Å². The monoisotopic (exact) mass is 464 g/mol. The first-order chi connectivity index (χ1) is 14.1. The Balaban J connectivity index is 1.51. The predicted octanol–water partition coefficient (Wildman–Crippen LogP) is 5.69. The minimum atomic E-state index is -0.218. The molecule has 0 radical (unpaired) electrons. The van der Waals surface area contributed by atoms with E-state index in [1.54, 1.807) is 35.8 Å². The summed E-state index contributed by atoms with van der Waals surface area (Å²) < 4.78 is 7.41. The number of thiophene rings is 1. The highest BCUT2D eigenvalue weighted by Crippen LogP contribution is 2.29. The topological polar surface area (TPSA) is 73.0 Å². The second-order valence-corrected chi connectivity index (χ2v) is 8.64. The second-order valence-electron chi connectivity index (χ2n) is 5.91. The molecular formula is C19H14Cl2N4O2S2. The van der Waals surface area contributed by atoms with Crippen molar-refractivity contribution in [3.63, 3.8) is 0 Å². The number of furan rings is 1. The summed E-state index contributed by atoms with van der Waals surface area (Å²) >= 11 is 14.9. The van der Waals surface area contributed by atoms with E-state index in [2.05, 4.69) is 15.5 Å². The quantitative estimate of drug-likeness (QED) is 0.355. The molecule has 0 atom stereocenters. The van der Waals surface area contributed by atoms with Crippen LogP contribution in [0.3, 0.4) is 0 Å². The first kappa shape index (κ1) is 20.0. The fourth-order valence-electron chi connectivity index (χ4n) is 2.59. The van der Waals surface area contributed by atoms with Gasteiger partial charge in [-0.2, -0.15) is 0 Å². The molecular weight excluding hydrogens is 451 g/mol. The SMILES string of the molecule is O=C(CSc1nnc(-c2cccs2)n1Cc1ccco1)Nc1cc(Cl)ccc1Cl. The average Bonchev–Trinajstić information content (AvgIpc) is 3.45. The molecule has 4 aromatic rings. The summed E-state index contributed by atoms with van der Waals surface area (Å²) in [5, 5.41) is 14.9. The van der Waals surface area contributed by atoms with Crippen LogP contribution in [0.2, 0.25) is 10.0 Å². The van der Waals surface area contributed by atoms with Crippen LogP contribution in [0.15, 0.2) is 63.7 Å². The number of carbonyl (C=O) groups excluding carboxylic acids is 1. The highest BCUT2D eigenvalue weighted by molar-refractivity contribution is 7.99. The maximum absolute atomic E-state index is 12.4. The normalized spacial score (nSPS) is 11.0. The van der Waals surface area contributed by atoms with Gasteiger partial charge in [-0.05, 0) is 41.8 Å². The van der Waals surface area contributed by atoms with E-state index in [0.717, 1.165) is 16.5 Å². The van der Waals surface area contributed by atoms with Crippen LogP contribution in [0, 0.1) is 0 Å². The summed E-state index contributed by atoms with van der Waals surface area (Å²) in [7, 11) is 0. The number of aromatic nitrogens is 3. The van der Waals surface area contributed by atoms with Crippen molar-refractivity contribution in [1.29, 1.82) is 0 Å². The minimum Gasteiger partial charge on any atom is -0.467 e. The molecule has 1 N–H and O–H groups in total. The van der Waals surface area contributed by atoms with E-state index in [0.29, 0.717) is 27.4 Å². The molecule has 0 fully saturated rings. The number of benzene rings is 1. The molecule has 29 heavy (non-hydrogen) atoms. The van der Waals surface area contributed by atoms with E-state index in [4.69, 9.17) is 27.6 Å². The number of hydrogen-bond donors (Lipinski definition) is 1. The Labute approximate surface area is 184 Å². The Morgan fingerprint density at radius 2 is 2.10 bits per heavy atom. The number of amides is 1. The van der Waals surface area contributed by atoms with Gasteiger partial charge in [0, 0.05) is 5.02 Å². The number of nitrogens with one attached hydrogen (secondary N) is 1. The molecule has 0 aliphatic carbocycles. The van der Waals surface area contributed by atoms with Gasteiger partial charge in [-0.1, -0.05) is 41.0 Å². The molecule has 6 nitrogen and oxygen atoms in total. The lowest BCUT2D eigenvalue weighted by Gasteiger charge is -2.09. The van der Waals surface area contributed by atoms with Crippen LogP contribution >= 0.6 is 46.3 Å². The van der Waals surface area contributed by atoms with Crippen molar-refractivity contribution in [1.82, 2.24) is 14.8 Å². The Bertz CT molecular complexity index is 1110. The standard InChI is InChI=1S/C19H14Cl2N4O2S2/c20-12-5-6-14(21)15(9-12)22-17(26)11-29-19-24-23-18(16-4-2-8-28-16)25(19)10-13-3-1-7-27-13/h1-9H,10-11H2,(H,22,26). The molecule has 3 aromatic heterocycles. The number of rotatable bonds is 7. The van der Waals surface area contributed by atoms with Crippen molar-refractivity contribution in [2.24, 2.45) is 0 Å². The van der Waals surface area contributed by atoms with Gasteiger partial charge in [0.1, 0.15) is 5.76 Å². The van der Waals surface area contributed by atoms with E-state index in [-0.39, 0.29) is 11.7 Å². The zero-order valence-electron chi connectivity index (χ0n) is 14.8. The van der Waals surface area contributed by atoms with E-state index in [1.165, 1.54) is 11.8 Å². The van der Waals surface area contributed by atoms with Gasteiger partial charge in [0.25, 0.3) is 0 Å². The van der Waals surface area contributed by atoms with Gasteiger partial charge in [-0.3, -0.25) is 9.36 Å². The molecule has 3 heterocycles. The fraction of sp³-hybridized carbons (Fsp3) is 0.105.